The van der Waals surface area contributed by atoms with Crippen LogP contribution in [-0.4, -0.2) is 72.4 Å². The summed E-state index contributed by atoms with van der Waals surface area (Å²) in [5, 5.41) is 0.288. The summed E-state index contributed by atoms with van der Waals surface area (Å²) >= 11 is 6.31. The Morgan fingerprint density at radius 2 is 1.67 bits per heavy atom. The lowest BCUT2D eigenvalue weighted by Gasteiger charge is -2.26. The fourth-order valence-corrected chi connectivity index (χ4v) is 4.30. The number of halogens is 7. The normalized spacial score (nSPS) is 14.5. The van der Waals surface area contributed by atoms with Crippen LogP contribution in [0.15, 0.2) is 48.7 Å². The molecule has 1 fully saturated rings. The van der Waals surface area contributed by atoms with Gasteiger partial charge in [-0.3, -0.25) is 4.90 Å². The van der Waals surface area contributed by atoms with Gasteiger partial charge in [-0.2, -0.15) is 31.3 Å². The van der Waals surface area contributed by atoms with E-state index in [1.165, 1.54) is 6.20 Å². The smallest absolute Gasteiger partial charge is 0.416 e. The predicted molar refractivity (Wildman–Crippen MR) is 139 cm³/mol. The largest absolute Gasteiger partial charge is 0.462 e. The van der Waals surface area contributed by atoms with Crippen molar-refractivity contribution >= 4 is 17.7 Å². The number of rotatable bonds is 8. The summed E-state index contributed by atoms with van der Waals surface area (Å²) < 4.78 is 96.0. The number of carbonyl (C=O) groups excluding carboxylic acids is 1. The summed E-state index contributed by atoms with van der Waals surface area (Å²) in [5.41, 5.74) is -2.77. The minimum Gasteiger partial charge on any atom is -0.462 e. The molecule has 42 heavy (non-hydrogen) atoms. The summed E-state index contributed by atoms with van der Waals surface area (Å²) in [4.78, 5) is 24.3. The topological polar surface area (TPSA) is 77.0 Å². The van der Waals surface area contributed by atoms with Crippen LogP contribution in [0.5, 0.6) is 11.9 Å². The number of nitrogens with zero attached hydrogens (tertiary/aromatic N) is 4. The molecule has 15 heteroatoms. The zero-order valence-electron chi connectivity index (χ0n) is 22.1. The van der Waals surface area contributed by atoms with Crippen molar-refractivity contribution in [3.8, 4) is 23.0 Å². The van der Waals surface area contributed by atoms with Gasteiger partial charge in [-0.1, -0.05) is 29.8 Å². The van der Waals surface area contributed by atoms with Crippen LogP contribution in [-0.2, 0) is 23.6 Å². The molecule has 0 bridgehead atoms. The maximum Gasteiger partial charge on any atom is 0.416 e. The Hall–Kier alpha value is -3.62. The third-order valence-electron chi connectivity index (χ3n) is 6.20. The van der Waals surface area contributed by atoms with E-state index in [1.807, 2.05) is 0 Å². The van der Waals surface area contributed by atoms with E-state index in [0.29, 0.717) is 37.5 Å². The van der Waals surface area contributed by atoms with Crippen molar-refractivity contribution in [1.29, 1.82) is 0 Å². The van der Waals surface area contributed by atoms with Gasteiger partial charge < -0.3 is 19.1 Å². The van der Waals surface area contributed by atoms with Crippen LogP contribution in [0.4, 0.5) is 31.1 Å². The fourth-order valence-electron chi connectivity index (χ4n) is 4.06. The van der Waals surface area contributed by atoms with Gasteiger partial charge in [0.1, 0.15) is 6.61 Å². The molecule has 1 saturated heterocycles. The number of hydrogen-bond donors (Lipinski definition) is 0. The van der Waals surface area contributed by atoms with Crippen molar-refractivity contribution < 1.29 is 45.3 Å². The number of morpholine rings is 1. The van der Waals surface area contributed by atoms with Gasteiger partial charge in [0.05, 0.1) is 29.9 Å². The zero-order chi connectivity index (χ0) is 30.5. The van der Waals surface area contributed by atoms with E-state index in [-0.39, 0.29) is 35.1 Å². The van der Waals surface area contributed by atoms with Crippen LogP contribution in [0.25, 0.3) is 11.1 Å². The van der Waals surface area contributed by atoms with E-state index in [4.69, 9.17) is 25.8 Å². The molecule has 0 unspecified atom stereocenters. The molecule has 1 aliphatic rings. The van der Waals surface area contributed by atoms with Gasteiger partial charge in [-0.15, -0.1) is 0 Å². The van der Waals surface area contributed by atoms with Gasteiger partial charge in [0.25, 0.3) is 0 Å². The molecule has 2 heterocycles. The van der Waals surface area contributed by atoms with Gasteiger partial charge in [0.2, 0.25) is 5.88 Å². The number of amides is 1. The van der Waals surface area contributed by atoms with Crippen molar-refractivity contribution in [2.24, 2.45) is 0 Å². The molecule has 1 amide bonds. The van der Waals surface area contributed by atoms with Crippen LogP contribution in [0.3, 0.4) is 0 Å². The highest BCUT2D eigenvalue weighted by Gasteiger charge is 2.37. The maximum atomic E-state index is 13.3. The van der Waals surface area contributed by atoms with Gasteiger partial charge in [-0.25, -0.2) is 9.78 Å². The Kier molecular flexibility index (Phi) is 9.79. The second kappa shape index (κ2) is 13.1. The molecule has 1 aliphatic heterocycles. The summed E-state index contributed by atoms with van der Waals surface area (Å²) in [6.45, 7) is 2.84. The Balaban J connectivity index is 1.55. The van der Waals surface area contributed by atoms with E-state index >= 15 is 0 Å². The average molecular weight is 619 g/mol. The Morgan fingerprint density at radius 3 is 2.29 bits per heavy atom. The van der Waals surface area contributed by atoms with E-state index in [0.717, 1.165) is 25.0 Å². The fraction of sp³-hybridized carbons (Fsp3) is 0.370. The van der Waals surface area contributed by atoms with Crippen molar-refractivity contribution in [2.75, 3.05) is 46.5 Å². The van der Waals surface area contributed by atoms with Crippen molar-refractivity contribution in [3.63, 3.8) is 0 Å². The third kappa shape index (κ3) is 8.23. The number of carbonyl (C=O) groups is 1. The Morgan fingerprint density at radius 1 is 1.02 bits per heavy atom. The number of ether oxygens (including phenoxy) is 3. The molecule has 0 aliphatic carbocycles. The lowest BCUT2D eigenvalue weighted by Crippen LogP contribution is -2.38. The first-order chi connectivity index (χ1) is 19.8. The van der Waals surface area contributed by atoms with Crippen LogP contribution in [0.2, 0.25) is 5.02 Å². The quantitative estimate of drug-likeness (QED) is 0.279. The summed E-state index contributed by atoms with van der Waals surface area (Å²) in [7, 11) is 1.16. The second-order valence-corrected chi connectivity index (χ2v) is 9.70. The van der Waals surface area contributed by atoms with Crippen molar-refractivity contribution in [3.05, 3.63) is 70.4 Å². The molecule has 1 aromatic heterocycles. The molecule has 3 aromatic rings. The maximum absolute atomic E-state index is 13.3. The minimum absolute atomic E-state index is 0.0131. The van der Waals surface area contributed by atoms with Gasteiger partial charge in [0.15, 0.2) is 0 Å². The second-order valence-electron chi connectivity index (χ2n) is 9.29. The summed E-state index contributed by atoms with van der Waals surface area (Å²) in [6.07, 6.45) is -9.83. The molecule has 0 spiro atoms. The van der Waals surface area contributed by atoms with Crippen LogP contribution in [0.1, 0.15) is 16.7 Å². The molecule has 226 valence electrons. The number of benzene rings is 2. The van der Waals surface area contributed by atoms with E-state index in [2.05, 4.69) is 14.9 Å². The zero-order valence-corrected chi connectivity index (χ0v) is 22.9. The van der Waals surface area contributed by atoms with E-state index in [9.17, 15) is 31.1 Å². The summed E-state index contributed by atoms with van der Waals surface area (Å²) in [6, 6.07) is 7.56. The van der Waals surface area contributed by atoms with E-state index < -0.39 is 41.7 Å². The summed E-state index contributed by atoms with van der Waals surface area (Å²) in [5.74, 6) is -0.267. The molecule has 0 radical (unpaired) electrons. The first kappa shape index (κ1) is 31.3. The number of hydrogen-bond acceptors (Lipinski definition) is 7. The SMILES string of the molecule is CN(Cc1cc(C(F)(F)F)cc(C(F)(F)F)c1)C(=O)Oc1nc(OCCN2CCOCC2)ncc1-c1ccccc1Cl. The first-order valence-corrected chi connectivity index (χ1v) is 12.9. The van der Waals surface area contributed by atoms with E-state index in [1.54, 1.807) is 24.3 Å². The van der Waals surface area contributed by atoms with Gasteiger partial charge in [0, 0.05) is 50.0 Å². The van der Waals surface area contributed by atoms with Crippen molar-refractivity contribution in [2.45, 2.75) is 18.9 Å². The van der Waals surface area contributed by atoms with Crippen LogP contribution >= 0.6 is 11.6 Å². The Labute approximate surface area is 241 Å². The highest BCUT2D eigenvalue weighted by Crippen LogP contribution is 2.37. The minimum atomic E-state index is -5.03. The number of aromatic nitrogens is 2. The molecule has 8 nitrogen and oxygen atoms in total. The molecule has 0 N–H and O–H groups in total. The lowest BCUT2D eigenvalue weighted by molar-refractivity contribution is -0.143. The first-order valence-electron chi connectivity index (χ1n) is 12.6. The number of alkyl halides is 6. The molecule has 0 saturated carbocycles. The van der Waals surface area contributed by atoms with Crippen molar-refractivity contribution in [1.82, 2.24) is 19.8 Å². The molecular formula is C27H25ClF6N4O4. The van der Waals surface area contributed by atoms with Crippen LogP contribution < -0.4 is 9.47 Å². The highest BCUT2D eigenvalue weighted by molar-refractivity contribution is 6.33. The van der Waals surface area contributed by atoms with Gasteiger partial charge in [-0.05, 0) is 29.8 Å². The predicted octanol–water partition coefficient (Wildman–Crippen LogP) is 6.18. The molecular weight excluding hydrogens is 594 g/mol. The molecule has 4 rings (SSSR count). The van der Waals surface area contributed by atoms with Crippen LogP contribution in [0, 0.1) is 0 Å². The Bertz CT molecular complexity index is 1370. The lowest BCUT2D eigenvalue weighted by atomic mass is 10.0. The monoisotopic (exact) mass is 618 g/mol. The average Bonchev–Trinajstić information content (AvgIpc) is 2.93. The highest BCUT2D eigenvalue weighted by atomic mass is 35.5. The standard InChI is InChI=1S/C27H25ClF6N4O4/c1-37(16-17-12-18(26(29,30)31)14-19(13-17)27(32,33)34)25(39)42-23-21(20-4-2-3-5-22(20)28)15-35-24(36-23)41-11-8-38-6-9-40-10-7-38/h2-5,12-15H,6-11,16H2,1H3. The molecule has 0 atom stereocenters. The van der Waals surface area contributed by atoms with Gasteiger partial charge >= 0.3 is 24.5 Å². The third-order valence-corrected chi connectivity index (χ3v) is 6.53. The molecule has 2 aromatic carbocycles.